The second-order valence-electron chi connectivity index (χ2n) is 6.78. The summed E-state index contributed by atoms with van der Waals surface area (Å²) < 4.78 is 17.1. The van der Waals surface area contributed by atoms with Crippen LogP contribution in [-0.2, 0) is 19.1 Å². The minimum Gasteiger partial charge on any atom is -0.490 e. The van der Waals surface area contributed by atoms with Crippen LogP contribution in [0.15, 0.2) is 21.5 Å². The lowest BCUT2D eigenvalue weighted by atomic mass is 10.1. The molecule has 180 valence electrons. The molecule has 1 aromatic carbocycles. The highest BCUT2D eigenvalue weighted by molar-refractivity contribution is 9.10. The van der Waals surface area contributed by atoms with Gasteiger partial charge in [-0.1, -0.05) is 24.0 Å². The van der Waals surface area contributed by atoms with Gasteiger partial charge in [-0.25, -0.2) is 0 Å². The molecule has 0 saturated carbocycles. The summed E-state index contributed by atoms with van der Waals surface area (Å²) in [5, 5.41) is 0. The third-order valence-electron chi connectivity index (χ3n) is 4.73. The first-order valence-electron chi connectivity index (χ1n) is 10.4. The molecule has 1 heterocycles. The number of halogens is 1. The fourth-order valence-electron chi connectivity index (χ4n) is 3.03. The Morgan fingerprint density at radius 1 is 1.21 bits per heavy atom. The third kappa shape index (κ3) is 7.18. The highest BCUT2D eigenvalue weighted by atomic mass is 79.9. The quantitative estimate of drug-likeness (QED) is 0.230. The van der Waals surface area contributed by atoms with Crippen LogP contribution in [0.3, 0.4) is 0 Å². The largest absolute Gasteiger partial charge is 0.490 e. The van der Waals surface area contributed by atoms with Gasteiger partial charge in [0.1, 0.15) is 4.32 Å². The van der Waals surface area contributed by atoms with Gasteiger partial charge in [0.25, 0.3) is 11.8 Å². The maximum absolute atomic E-state index is 12.8. The van der Waals surface area contributed by atoms with Gasteiger partial charge in [0.05, 0.1) is 29.5 Å². The number of likely N-dealkylation sites (N-methyl/N-ethyl adjacent to an activating group) is 1. The molecule has 8 nitrogen and oxygen atoms in total. The highest BCUT2D eigenvalue weighted by Crippen LogP contribution is 2.39. The van der Waals surface area contributed by atoms with E-state index in [-0.39, 0.29) is 31.4 Å². The van der Waals surface area contributed by atoms with E-state index in [1.54, 1.807) is 23.1 Å². The maximum atomic E-state index is 12.8. The van der Waals surface area contributed by atoms with Crippen molar-refractivity contribution >= 4 is 68.1 Å². The molecule has 0 bridgehead atoms. The summed E-state index contributed by atoms with van der Waals surface area (Å²) >= 11 is 9.95. The number of esters is 1. The molecule has 0 unspecified atom stereocenters. The molecule has 0 atom stereocenters. The van der Waals surface area contributed by atoms with Gasteiger partial charge < -0.3 is 19.1 Å². The number of hydrogen-bond acceptors (Lipinski definition) is 8. The van der Waals surface area contributed by atoms with Crippen molar-refractivity contribution < 1.29 is 28.6 Å². The monoisotopic (exact) mass is 558 g/mol. The number of ether oxygens (including phenoxy) is 3. The molecular formula is C22H27BrN2O6S2. The third-order valence-corrected chi connectivity index (χ3v) is 6.69. The molecule has 11 heteroatoms. The van der Waals surface area contributed by atoms with Crippen LogP contribution in [0, 0.1) is 0 Å². The fourth-order valence-corrected chi connectivity index (χ4v) is 4.91. The summed E-state index contributed by atoms with van der Waals surface area (Å²) in [6, 6.07) is 3.52. The Morgan fingerprint density at radius 2 is 1.91 bits per heavy atom. The molecule has 0 aromatic heterocycles. The number of carbonyl (C=O) groups is 3. The van der Waals surface area contributed by atoms with Gasteiger partial charge in [0, 0.05) is 19.6 Å². The Kier molecular flexibility index (Phi) is 10.6. The number of nitrogens with zero attached hydrogens (tertiary/aromatic N) is 2. The van der Waals surface area contributed by atoms with Crippen LogP contribution in [0.5, 0.6) is 11.5 Å². The van der Waals surface area contributed by atoms with Gasteiger partial charge >= 0.3 is 5.97 Å². The van der Waals surface area contributed by atoms with Crippen molar-refractivity contribution in [3.63, 3.8) is 0 Å². The Bertz CT molecular complexity index is 949. The van der Waals surface area contributed by atoms with Gasteiger partial charge in [0.15, 0.2) is 18.1 Å². The van der Waals surface area contributed by atoms with Crippen LogP contribution in [-0.4, -0.2) is 71.9 Å². The first-order chi connectivity index (χ1) is 15.7. The number of amides is 2. The van der Waals surface area contributed by atoms with Crippen molar-refractivity contribution in [1.82, 2.24) is 9.80 Å². The van der Waals surface area contributed by atoms with Crippen molar-refractivity contribution in [2.45, 2.75) is 27.2 Å². The minimum atomic E-state index is -0.409. The topological polar surface area (TPSA) is 85.4 Å². The number of thioether (sulfide) groups is 1. The Hall–Kier alpha value is -2.11. The standard InChI is InChI=1S/C22H27BrN2O6S2/c1-5-24(6-2)18(26)13-31-20-15(23)10-14(11-16(20)30-7-3)12-17-21(28)25(22(32)33-17)9-8-19(27)29-4/h10-12H,5-9,13H2,1-4H3/b17-12+. The Balaban J connectivity index is 2.23. The second kappa shape index (κ2) is 13.0. The number of carbonyl (C=O) groups excluding carboxylic acids is 3. The number of rotatable bonds is 11. The van der Waals surface area contributed by atoms with Crippen molar-refractivity contribution in [3.8, 4) is 11.5 Å². The van der Waals surface area contributed by atoms with Gasteiger partial charge in [-0.05, 0) is 60.5 Å². The molecule has 2 rings (SSSR count). The van der Waals surface area contributed by atoms with E-state index in [9.17, 15) is 14.4 Å². The lowest BCUT2D eigenvalue weighted by molar-refractivity contribution is -0.141. The molecule has 33 heavy (non-hydrogen) atoms. The number of methoxy groups -OCH3 is 1. The lowest BCUT2D eigenvalue weighted by Gasteiger charge is -2.20. The van der Waals surface area contributed by atoms with E-state index in [2.05, 4.69) is 20.7 Å². The summed E-state index contributed by atoms with van der Waals surface area (Å²) in [5.74, 6) is 0.0716. The maximum Gasteiger partial charge on any atom is 0.307 e. The Labute approximate surface area is 211 Å². The van der Waals surface area contributed by atoms with Gasteiger partial charge in [-0.3, -0.25) is 19.3 Å². The summed E-state index contributed by atoms with van der Waals surface area (Å²) in [6.45, 7) is 7.33. The predicted octanol–water partition coefficient (Wildman–Crippen LogP) is 3.86. The van der Waals surface area contributed by atoms with Crippen LogP contribution in [0.25, 0.3) is 6.08 Å². The van der Waals surface area contributed by atoms with E-state index in [1.165, 1.54) is 23.8 Å². The Morgan fingerprint density at radius 3 is 2.52 bits per heavy atom. The van der Waals surface area contributed by atoms with Crippen molar-refractivity contribution in [2.24, 2.45) is 0 Å². The van der Waals surface area contributed by atoms with E-state index in [1.807, 2.05) is 20.8 Å². The molecule has 1 saturated heterocycles. The van der Waals surface area contributed by atoms with Gasteiger partial charge in [-0.15, -0.1) is 0 Å². The summed E-state index contributed by atoms with van der Waals surface area (Å²) in [4.78, 5) is 40.0. The van der Waals surface area contributed by atoms with E-state index in [0.29, 0.717) is 50.5 Å². The van der Waals surface area contributed by atoms with E-state index < -0.39 is 5.97 Å². The fraction of sp³-hybridized carbons (Fsp3) is 0.455. The molecule has 0 spiro atoms. The molecule has 1 fully saturated rings. The highest BCUT2D eigenvalue weighted by Gasteiger charge is 2.32. The number of hydrogen-bond donors (Lipinski definition) is 0. The molecule has 1 aromatic rings. The summed E-state index contributed by atoms with van der Waals surface area (Å²) in [5.41, 5.74) is 0.696. The van der Waals surface area contributed by atoms with Gasteiger partial charge in [0.2, 0.25) is 0 Å². The number of benzene rings is 1. The summed E-state index contributed by atoms with van der Waals surface area (Å²) in [7, 11) is 1.30. The zero-order chi connectivity index (χ0) is 24.5. The molecular weight excluding hydrogens is 532 g/mol. The van der Waals surface area contributed by atoms with Crippen LogP contribution >= 0.6 is 39.9 Å². The predicted molar refractivity (Wildman–Crippen MR) is 135 cm³/mol. The van der Waals surface area contributed by atoms with E-state index in [4.69, 9.17) is 21.7 Å². The molecule has 1 aliphatic heterocycles. The number of thiocarbonyl (C=S) groups is 1. The zero-order valence-corrected chi connectivity index (χ0v) is 22.2. The lowest BCUT2D eigenvalue weighted by Crippen LogP contribution is -2.34. The summed E-state index contributed by atoms with van der Waals surface area (Å²) in [6.07, 6.45) is 1.77. The second-order valence-corrected chi connectivity index (χ2v) is 9.31. The van der Waals surface area contributed by atoms with Crippen LogP contribution in [0.1, 0.15) is 32.8 Å². The van der Waals surface area contributed by atoms with Crippen molar-refractivity contribution in [2.75, 3.05) is 40.0 Å². The molecule has 0 aliphatic carbocycles. The molecule has 1 aliphatic rings. The first-order valence-corrected chi connectivity index (χ1v) is 12.5. The van der Waals surface area contributed by atoms with Crippen molar-refractivity contribution in [3.05, 3.63) is 27.1 Å². The smallest absolute Gasteiger partial charge is 0.307 e. The van der Waals surface area contributed by atoms with E-state index in [0.717, 1.165) is 0 Å². The zero-order valence-electron chi connectivity index (χ0n) is 19.0. The van der Waals surface area contributed by atoms with Gasteiger partial charge in [-0.2, -0.15) is 0 Å². The average Bonchev–Trinajstić information content (AvgIpc) is 3.04. The van der Waals surface area contributed by atoms with Crippen LogP contribution in [0.2, 0.25) is 0 Å². The van der Waals surface area contributed by atoms with Crippen molar-refractivity contribution in [1.29, 1.82) is 0 Å². The van der Waals surface area contributed by atoms with E-state index >= 15 is 0 Å². The molecule has 0 N–H and O–H groups in total. The minimum absolute atomic E-state index is 0.0640. The van der Waals surface area contributed by atoms with Crippen LogP contribution < -0.4 is 9.47 Å². The molecule has 2 amide bonds. The van der Waals surface area contributed by atoms with Crippen LogP contribution in [0.4, 0.5) is 0 Å². The molecule has 0 radical (unpaired) electrons. The normalized spacial score (nSPS) is 14.6. The SMILES string of the molecule is CCOc1cc(/C=C2/SC(=S)N(CCC(=O)OC)C2=O)cc(Br)c1OCC(=O)N(CC)CC. The average molecular weight is 560 g/mol. The first kappa shape index (κ1) is 27.1.